The van der Waals surface area contributed by atoms with E-state index in [9.17, 15) is 0 Å². The summed E-state index contributed by atoms with van der Waals surface area (Å²) in [5, 5.41) is 0. The van der Waals surface area contributed by atoms with Crippen molar-refractivity contribution < 1.29 is 0 Å². The Hall–Kier alpha value is -1.16. The highest BCUT2D eigenvalue weighted by Crippen LogP contribution is 2.42. The Morgan fingerprint density at radius 3 is 2.20 bits per heavy atom. The Labute approximate surface area is 122 Å². The standard InChI is InChI=1S/C16H26N4/c1-14(2)19-9-3-16(4-10-19)5-11-20(12-6-16)15-13-17-7-8-18-15/h7-8,13-14H,3-6,9-12H2,1-2H3. The van der Waals surface area contributed by atoms with Gasteiger partial charge in [-0.25, -0.2) is 4.98 Å². The highest BCUT2D eigenvalue weighted by Gasteiger charge is 2.38. The summed E-state index contributed by atoms with van der Waals surface area (Å²) < 4.78 is 0. The van der Waals surface area contributed by atoms with E-state index in [1.807, 2.05) is 6.20 Å². The largest absolute Gasteiger partial charge is 0.355 e. The molecule has 4 nitrogen and oxygen atoms in total. The molecule has 2 fully saturated rings. The molecule has 2 aliphatic rings. The second-order valence-electron chi connectivity index (χ2n) is 6.68. The van der Waals surface area contributed by atoms with Gasteiger partial charge in [0.2, 0.25) is 0 Å². The van der Waals surface area contributed by atoms with E-state index in [1.165, 1.54) is 38.8 Å². The van der Waals surface area contributed by atoms with Gasteiger partial charge in [-0.2, -0.15) is 0 Å². The summed E-state index contributed by atoms with van der Waals surface area (Å²) in [5.74, 6) is 1.04. The van der Waals surface area contributed by atoms with Gasteiger partial charge in [0, 0.05) is 31.5 Å². The number of aromatic nitrogens is 2. The van der Waals surface area contributed by atoms with Gasteiger partial charge in [0.15, 0.2) is 0 Å². The second kappa shape index (κ2) is 5.68. The van der Waals surface area contributed by atoms with Crippen LogP contribution in [-0.4, -0.2) is 47.1 Å². The Balaban J connectivity index is 1.57. The topological polar surface area (TPSA) is 32.3 Å². The van der Waals surface area contributed by atoms with Crippen LogP contribution >= 0.6 is 0 Å². The van der Waals surface area contributed by atoms with Crippen LogP contribution < -0.4 is 4.90 Å². The molecule has 0 amide bonds. The smallest absolute Gasteiger partial charge is 0.147 e. The third-order valence-electron chi connectivity index (χ3n) is 5.29. The van der Waals surface area contributed by atoms with Gasteiger partial charge in [-0.1, -0.05) is 0 Å². The third kappa shape index (κ3) is 2.80. The highest BCUT2D eigenvalue weighted by atomic mass is 15.2. The molecule has 4 heteroatoms. The Bertz CT molecular complexity index is 413. The maximum absolute atomic E-state index is 4.43. The molecule has 0 bridgehead atoms. The summed E-state index contributed by atoms with van der Waals surface area (Å²) in [7, 11) is 0. The van der Waals surface area contributed by atoms with Gasteiger partial charge in [-0.15, -0.1) is 0 Å². The van der Waals surface area contributed by atoms with Crippen LogP contribution in [0.1, 0.15) is 39.5 Å². The molecule has 2 aliphatic heterocycles. The van der Waals surface area contributed by atoms with Crippen molar-refractivity contribution in [3.8, 4) is 0 Å². The molecule has 1 spiro atoms. The molecule has 3 rings (SSSR count). The minimum absolute atomic E-state index is 0.601. The molecule has 1 aromatic heterocycles. The molecule has 20 heavy (non-hydrogen) atoms. The first-order valence-corrected chi connectivity index (χ1v) is 7.94. The summed E-state index contributed by atoms with van der Waals surface area (Å²) in [6, 6.07) is 0.701. The maximum atomic E-state index is 4.43. The van der Waals surface area contributed by atoms with Crippen molar-refractivity contribution in [2.75, 3.05) is 31.1 Å². The quantitative estimate of drug-likeness (QED) is 0.829. The molecular weight excluding hydrogens is 248 g/mol. The average Bonchev–Trinajstić information content (AvgIpc) is 2.49. The van der Waals surface area contributed by atoms with Gasteiger partial charge in [0.05, 0.1) is 6.20 Å². The normalized spacial score (nSPS) is 23.4. The van der Waals surface area contributed by atoms with E-state index in [-0.39, 0.29) is 0 Å². The Morgan fingerprint density at radius 2 is 1.65 bits per heavy atom. The molecule has 0 saturated carbocycles. The van der Waals surface area contributed by atoms with E-state index < -0.39 is 0 Å². The summed E-state index contributed by atoms with van der Waals surface area (Å²) in [5.41, 5.74) is 0.601. The van der Waals surface area contributed by atoms with Crippen molar-refractivity contribution in [2.24, 2.45) is 5.41 Å². The predicted molar refractivity (Wildman–Crippen MR) is 81.9 cm³/mol. The van der Waals surface area contributed by atoms with Gasteiger partial charge < -0.3 is 9.80 Å². The summed E-state index contributed by atoms with van der Waals surface area (Å²) >= 11 is 0. The molecule has 0 unspecified atom stereocenters. The molecule has 0 N–H and O–H groups in total. The van der Waals surface area contributed by atoms with E-state index in [0.29, 0.717) is 11.5 Å². The lowest BCUT2D eigenvalue weighted by Crippen LogP contribution is -2.48. The van der Waals surface area contributed by atoms with E-state index in [2.05, 4.69) is 33.6 Å². The molecule has 2 saturated heterocycles. The first-order valence-electron chi connectivity index (χ1n) is 7.94. The monoisotopic (exact) mass is 274 g/mol. The average molecular weight is 274 g/mol. The van der Waals surface area contributed by atoms with Gasteiger partial charge in [0.25, 0.3) is 0 Å². The van der Waals surface area contributed by atoms with Crippen molar-refractivity contribution in [1.82, 2.24) is 14.9 Å². The van der Waals surface area contributed by atoms with Gasteiger partial charge in [0.1, 0.15) is 5.82 Å². The van der Waals surface area contributed by atoms with Crippen molar-refractivity contribution in [3.63, 3.8) is 0 Å². The van der Waals surface area contributed by atoms with Crippen LogP contribution in [0.5, 0.6) is 0 Å². The van der Waals surface area contributed by atoms with Crippen LogP contribution in [0.2, 0.25) is 0 Å². The SMILES string of the molecule is CC(C)N1CCC2(CCN(c3cnccn3)CC2)CC1. The maximum Gasteiger partial charge on any atom is 0.147 e. The molecule has 0 radical (unpaired) electrons. The van der Waals surface area contributed by atoms with Crippen LogP contribution in [0.3, 0.4) is 0 Å². The summed E-state index contributed by atoms with van der Waals surface area (Å²) in [6.07, 6.45) is 10.8. The zero-order valence-corrected chi connectivity index (χ0v) is 12.8. The lowest BCUT2D eigenvalue weighted by molar-refractivity contribution is 0.0631. The van der Waals surface area contributed by atoms with Gasteiger partial charge >= 0.3 is 0 Å². The van der Waals surface area contributed by atoms with E-state index in [0.717, 1.165) is 18.9 Å². The third-order valence-corrected chi connectivity index (χ3v) is 5.29. The number of nitrogens with zero attached hydrogens (tertiary/aromatic N) is 4. The van der Waals surface area contributed by atoms with Crippen LogP contribution in [0.15, 0.2) is 18.6 Å². The number of hydrogen-bond donors (Lipinski definition) is 0. The molecule has 0 atom stereocenters. The number of likely N-dealkylation sites (tertiary alicyclic amines) is 1. The summed E-state index contributed by atoms with van der Waals surface area (Å²) in [6.45, 7) is 9.47. The second-order valence-corrected chi connectivity index (χ2v) is 6.68. The van der Waals surface area contributed by atoms with E-state index in [4.69, 9.17) is 0 Å². The first kappa shape index (κ1) is 13.8. The number of piperidine rings is 2. The van der Waals surface area contributed by atoms with Crippen LogP contribution in [0.4, 0.5) is 5.82 Å². The Kier molecular flexibility index (Phi) is 3.92. The molecule has 3 heterocycles. The predicted octanol–water partition coefficient (Wildman–Crippen LogP) is 2.57. The minimum atomic E-state index is 0.601. The van der Waals surface area contributed by atoms with Crippen LogP contribution in [-0.2, 0) is 0 Å². The zero-order chi connectivity index (χ0) is 14.0. The summed E-state index contributed by atoms with van der Waals surface area (Å²) in [4.78, 5) is 13.6. The van der Waals surface area contributed by atoms with Crippen molar-refractivity contribution in [1.29, 1.82) is 0 Å². The highest BCUT2D eigenvalue weighted by molar-refractivity contribution is 5.35. The minimum Gasteiger partial charge on any atom is -0.355 e. The lowest BCUT2D eigenvalue weighted by Gasteiger charge is -2.48. The van der Waals surface area contributed by atoms with Crippen LogP contribution in [0, 0.1) is 5.41 Å². The number of hydrogen-bond acceptors (Lipinski definition) is 4. The molecule has 0 aliphatic carbocycles. The zero-order valence-electron chi connectivity index (χ0n) is 12.8. The van der Waals surface area contributed by atoms with Gasteiger partial charge in [-0.3, -0.25) is 4.98 Å². The van der Waals surface area contributed by atoms with Crippen molar-refractivity contribution in [3.05, 3.63) is 18.6 Å². The molecule has 1 aromatic rings. The van der Waals surface area contributed by atoms with E-state index >= 15 is 0 Å². The molecule has 0 aromatic carbocycles. The number of anilines is 1. The molecule has 110 valence electrons. The van der Waals surface area contributed by atoms with Crippen molar-refractivity contribution in [2.45, 2.75) is 45.6 Å². The molecular formula is C16H26N4. The first-order chi connectivity index (χ1) is 9.69. The fourth-order valence-corrected chi connectivity index (χ4v) is 3.68. The van der Waals surface area contributed by atoms with Gasteiger partial charge in [-0.05, 0) is 58.0 Å². The lowest BCUT2D eigenvalue weighted by atomic mass is 9.71. The number of rotatable bonds is 2. The fraction of sp³-hybridized carbons (Fsp3) is 0.750. The fourth-order valence-electron chi connectivity index (χ4n) is 3.68. The Morgan fingerprint density at radius 1 is 1.00 bits per heavy atom. The van der Waals surface area contributed by atoms with Crippen LogP contribution in [0.25, 0.3) is 0 Å². The van der Waals surface area contributed by atoms with Crippen molar-refractivity contribution >= 4 is 5.82 Å². The van der Waals surface area contributed by atoms with E-state index in [1.54, 1.807) is 12.4 Å².